The fraction of sp³-hybridized carbons (Fsp3) is 0.231. The number of amides is 1. The third-order valence-electron chi connectivity index (χ3n) is 2.79. The summed E-state index contributed by atoms with van der Waals surface area (Å²) < 4.78 is 0. The van der Waals surface area contributed by atoms with Crippen LogP contribution in [-0.4, -0.2) is 17.0 Å². The van der Waals surface area contributed by atoms with Crippen molar-refractivity contribution in [2.45, 2.75) is 20.8 Å². The van der Waals surface area contributed by atoms with Crippen LogP contribution in [0.3, 0.4) is 0 Å². The highest BCUT2D eigenvalue weighted by molar-refractivity contribution is 7.17. The molecule has 0 aliphatic carbocycles. The summed E-state index contributed by atoms with van der Waals surface area (Å²) in [6.07, 6.45) is 0. The number of hydrogen-bond acceptors (Lipinski definition) is 4. The van der Waals surface area contributed by atoms with Crippen LogP contribution in [-0.2, 0) is 0 Å². The predicted molar refractivity (Wildman–Crippen MR) is 77.8 cm³/mol. The van der Waals surface area contributed by atoms with Crippen molar-refractivity contribution in [2.24, 2.45) is 0 Å². The minimum atomic E-state index is -1.01. The average Bonchev–Trinajstić information content (AvgIpc) is 2.85. The normalized spacial score (nSPS) is 10.5. The molecule has 0 aromatic carbocycles. The van der Waals surface area contributed by atoms with E-state index in [1.807, 2.05) is 19.9 Å². The van der Waals surface area contributed by atoms with Crippen LogP contribution >= 0.6 is 22.7 Å². The van der Waals surface area contributed by atoms with Crippen molar-refractivity contribution in [1.82, 2.24) is 0 Å². The third-order valence-corrected chi connectivity index (χ3v) is 4.91. The number of carboxylic acids is 1. The molecule has 4 nitrogen and oxygen atoms in total. The van der Waals surface area contributed by atoms with E-state index in [1.54, 1.807) is 13.0 Å². The number of rotatable bonds is 3. The highest BCUT2D eigenvalue weighted by atomic mass is 32.1. The van der Waals surface area contributed by atoms with Crippen molar-refractivity contribution >= 4 is 39.6 Å². The van der Waals surface area contributed by atoms with Crippen LogP contribution in [0.5, 0.6) is 0 Å². The van der Waals surface area contributed by atoms with E-state index in [0.717, 1.165) is 9.75 Å². The lowest BCUT2D eigenvalue weighted by Gasteiger charge is -2.02. The SMILES string of the molecule is Cc1ccc(C(=O)Nc2sc(C)c(C)c2C(=O)O)s1. The maximum absolute atomic E-state index is 12.0. The summed E-state index contributed by atoms with van der Waals surface area (Å²) in [5.41, 5.74) is 0.888. The van der Waals surface area contributed by atoms with Gasteiger partial charge in [0.25, 0.3) is 5.91 Å². The molecule has 0 aliphatic rings. The fourth-order valence-corrected chi connectivity index (χ4v) is 3.50. The molecule has 2 heterocycles. The van der Waals surface area contributed by atoms with Crippen LogP contribution in [0.2, 0.25) is 0 Å². The average molecular weight is 295 g/mol. The monoisotopic (exact) mass is 295 g/mol. The molecule has 0 bridgehead atoms. The minimum absolute atomic E-state index is 0.184. The molecule has 2 rings (SSSR count). The van der Waals surface area contributed by atoms with E-state index in [9.17, 15) is 14.7 Å². The summed E-state index contributed by atoms with van der Waals surface area (Å²) in [6.45, 7) is 5.52. The van der Waals surface area contributed by atoms with E-state index in [4.69, 9.17) is 0 Å². The number of nitrogens with one attached hydrogen (secondary N) is 1. The number of aryl methyl sites for hydroxylation is 2. The topological polar surface area (TPSA) is 66.4 Å². The highest BCUT2D eigenvalue weighted by Crippen LogP contribution is 2.33. The van der Waals surface area contributed by atoms with Gasteiger partial charge in [0.1, 0.15) is 5.00 Å². The summed E-state index contributed by atoms with van der Waals surface area (Å²) in [5.74, 6) is -1.28. The van der Waals surface area contributed by atoms with E-state index < -0.39 is 5.97 Å². The van der Waals surface area contributed by atoms with Crippen molar-refractivity contribution in [3.05, 3.63) is 37.9 Å². The van der Waals surface area contributed by atoms with Crippen LogP contribution in [0.15, 0.2) is 12.1 Å². The first-order chi connectivity index (χ1) is 8.90. The quantitative estimate of drug-likeness (QED) is 0.907. The lowest BCUT2D eigenvalue weighted by atomic mass is 10.1. The number of carbonyl (C=O) groups excluding carboxylic acids is 1. The first kappa shape index (κ1) is 13.8. The maximum Gasteiger partial charge on any atom is 0.338 e. The zero-order chi connectivity index (χ0) is 14.2. The molecule has 19 heavy (non-hydrogen) atoms. The van der Waals surface area contributed by atoms with Crippen molar-refractivity contribution in [3.63, 3.8) is 0 Å². The molecule has 0 atom stereocenters. The van der Waals surface area contributed by atoms with Crippen molar-refractivity contribution in [2.75, 3.05) is 5.32 Å². The molecule has 100 valence electrons. The van der Waals surface area contributed by atoms with Gasteiger partial charge in [0, 0.05) is 9.75 Å². The minimum Gasteiger partial charge on any atom is -0.478 e. The summed E-state index contributed by atoms with van der Waals surface area (Å²) >= 11 is 2.68. The van der Waals surface area contributed by atoms with Gasteiger partial charge in [-0.2, -0.15) is 0 Å². The molecular formula is C13H13NO3S2. The molecule has 2 N–H and O–H groups in total. The molecule has 0 radical (unpaired) electrons. The number of aromatic carboxylic acids is 1. The Bertz CT molecular complexity index is 655. The maximum atomic E-state index is 12.0. The number of carbonyl (C=O) groups is 2. The second-order valence-electron chi connectivity index (χ2n) is 4.16. The molecule has 2 aromatic rings. The van der Waals surface area contributed by atoms with E-state index in [1.165, 1.54) is 22.7 Å². The standard InChI is InChI=1S/C13H13NO3S2/c1-6-4-5-9(18-6)11(15)14-12-10(13(16)17)7(2)8(3)19-12/h4-5H,1-3H3,(H,14,15)(H,16,17). The van der Waals surface area contributed by atoms with Gasteiger partial charge in [-0.15, -0.1) is 22.7 Å². The van der Waals surface area contributed by atoms with Crippen LogP contribution in [0, 0.1) is 20.8 Å². The third kappa shape index (κ3) is 2.69. The van der Waals surface area contributed by atoms with Gasteiger partial charge in [0.2, 0.25) is 0 Å². The first-order valence-corrected chi connectivity index (χ1v) is 7.24. The van der Waals surface area contributed by atoms with Crippen LogP contribution in [0.4, 0.5) is 5.00 Å². The molecule has 0 unspecified atom stereocenters. The Labute approximate surface area is 118 Å². The molecule has 6 heteroatoms. The summed E-state index contributed by atoms with van der Waals surface area (Å²) in [6, 6.07) is 3.60. The molecule has 0 aliphatic heterocycles. The molecule has 0 saturated carbocycles. The van der Waals surface area contributed by atoms with Gasteiger partial charge in [-0.3, -0.25) is 4.79 Å². The first-order valence-electron chi connectivity index (χ1n) is 5.61. The van der Waals surface area contributed by atoms with E-state index in [-0.39, 0.29) is 11.5 Å². The van der Waals surface area contributed by atoms with E-state index in [2.05, 4.69) is 5.32 Å². The van der Waals surface area contributed by atoms with Gasteiger partial charge in [0.05, 0.1) is 10.4 Å². The number of thiophene rings is 2. The van der Waals surface area contributed by atoms with E-state index >= 15 is 0 Å². The second-order valence-corrected chi connectivity index (χ2v) is 6.67. The van der Waals surface area contributed by atoms with Crippen molar-refractivity contribution in [1.29, 1.82) is 0 Å². The Hall–Kier alpha value is -1.66. The molecule has 0 spiro atoms. The zero-order valence-electron chi connectivity index (χ0n) is 10.7. The smallest absolute Gasteiger partial charge is 0.338 e. The molecule has 0 fully saturated rings. The Morgan fingerprint density at radius 3 is 2.37 bits per heavy atom. The van der Waals surface area contributed by atoms with Gasteiger partial charge in [-0.25, -0.2) is 4.79 Å². The molecule has 1 amide bonds. The Balaban J connectivity index is 2.31. The van der Waals surface area contributed by atoms with Crippen molar-refractivity contribution < 1.29 is 14.7 Å². The molecule has 2 aromatic heterocycles. The lowest BCUT2D eigenvalue weighted by Crippen LogP contribution is -2.12. The van der Waals surface area contributed by atoms with Gasteiger partial charge >= 0.3 is 5.97 Å². The fourth-order valence-electron chi connectivity index (χ4n) is 1.69. The predicted octanol–water partition coefficient (Wildman–Crippen LogP) is 3.69. The van der Waals surface area contributed by atoms with E-state index in [0.29, 0.717) is 15.4 Å². The largest absolute Gasteiger partial charge is 0.478 e. The molecular weight excluding hydrogens is 282 g/mol. The Morgan fingerprint density at radius 2 is 1.84 bits per heavy atom. The van der Waals surface area contributed by atoms with Crippen LogP contribution in [0.1, 0.15) is 35.3 Å². The second kappa shape index (κ2) is 5.14. The Morgan fingerprint density at radius 1 is 1.16 bits per heavy atom. The van der Waals surface area contributed by atoms with Gasteiger partial charge in [0.15, 0.2) is 0 Å². The highest BCUT2D eigenvalue weighted by Gasteiger charge is 2.21. The number of carboxylic acid groups (broad SMARTS) is 1. The summed E-state index contributed by atoms with van der Waals surface area (Å²) in [4.78, 5) is 25.8. The summed E-state index contributed by atoms with van der Waals surface area (Å²) in [5, 5.41) is 12.3. The summed E-state index contributed by atoms with van der Waals surface area (Å²) in [7, 11) is 0. The Kier molecular flexibility index (Phi) is 3.73. The zero-order valence-corrected chi connectivity index (χ0v) is 12.4. The van der Waals surface area contributed by atoms with Crippen LogP contribution in [0.25, 0.3) is 0 Å². The van der Waals surface area contributed by atoms with Gasteiger partial charge in [-0.05, 0) is 38.5 Å². The lowest BCUT2D eigenvalue weighted by molar-refractivity contribution is 0.0697. The molecule has 0 saturated heterocycles. The van der Waals surface area contributed by atoms with Gasteiger partial charge < -0.3 is 10.4 Å². The number of anilines is 1. The number of hydrogen-bond donors (Lipinski definition) is 2. The van der Waals surface area contributed by atoms with Crippen LogP contribution < -0.4 is 5.32 Å². The van der Waals surface area contributed by atoms with Gasteiger partial charge in [-0.1, -0.05) is 0 Å². The van der Waals surface area contributed by atoms with Crippen molar-refractivity contribution in [3.8, 4) is 0 Å².